The van der Waals surface area contributed by atoms with Crippen molar-refractivity contribution in [3.63, 3.8) is 0 Å². The van der Waals surface area contributed by atoms with Gasteiger partial charge in [0.15, 0.2) is 6.61 Å². The summed E-state index contributed by atoms with van der Waals surface area (Å²) in [6.45, 7) is -0.0261. The molecular weight excluding hydrogens is 348 g/mol. The Morgan fingerprint density at radius 3 is 2.63 bits per heavy atom. The number of benzene rings is 2. The molecule has 2 aromatic rings. The van der Waals surface area contributed by atoms with E-state index in [1.807, 2.05) is 12.1 Å². The van der Waals surface area contributed by atoms with Crippen molar-refractivity contribution in [2.45, 2.75) is 19.4 Å². The van der Waals surface area contributed by atoms with E-state index in [0.29, 0.717) is 30.6 Å². The second-order valence-corrected chi connectivity index (χ2v) is 6.12. The lowest BCUT2D eigenvalue weighted by atomic mass is 10.0. The topological polar surface area (TPSA) is 93.7 Å². The number of rotatable bonds is 6. The largest absolute Gasteiger partial charge is 0.497 e. The molecule has 0 saturated heterocycles. The highest BCUT2D eigenvalue weighted by Gasteiger charge is 2.17. The fraction of sp³-hybridized carbons (Fsp3) is 0.250. The normalized spacial score (nSPS) is 12.6. The lowest BCUT2D eigenvalue weighted by Gasteiger charge is -2.17. The Hall–Kier alpha value is -3.35. The second kappa shape index (κ2) is 8.35. The third-order valence-electron chi connectivity index (χ3n) is 4.22. The monoisotopic (exact) mass is 368 g/mol. The number of anilines is 1. The summed E-state index contributed by atoms with van der Waals surface area (Å²) >= 11 is 0. The van der Waals surface area contributed by atoms with Crippen molar-refractivity contribution >= 4 is 23.5 Å². The third-order valence-corrected chi connectivity index (χ3v) is 4.22. The summed E-state index contributed by atoms with van der Waals surface area (Å²) in [7, 11) is 1.59. The molecule has 0 radical (unpaired) electrons. The van der Waals surface area contributed by atoms with Crippen molar-refractivity contribution in [2.24, 2.45) is 0 Å². The summed E-state index contributed by atoms with van der Waals surface area (Å²) in [5.41, 5.74) is 2.85. The Morgan fingerprint density at radius 1 is 1.11 bits per heavy atom. The number of ether oxygens (including phenoxy) is 2. The van der Waals surface area contributed by atoms with Gasteiger partial charge in [0.1, 0.15) is 5.75 Å². The molecule has 2 aromatic carbocycles. The van der Waals surface area contributed by atoms with Crippen molar-refractivity contribution in [1.29, 1.82) is 0 Å². The van der Waals surface area contributed by atoms with Crippen molar-refractivity contribution in [1.82, 2.24) is 5.32 Å². The van der Waals surface area contributed by atoms with Crippen LogP contribution in [-0.4, -0.2) is 31.5 Å². The summed E-state index contributed by atoms with van der Waals surface area (Å²) in [5, 5.41) is 5.45. The number of esters is 1. The summed E-state index contributed by atoms with van der Waals surface area (Å²) < 4.78 is 10.1. The number of methoxy groups -OCH3 is 1. The van der Waals surface area contributed by atoms with Crippen LogP contribution in [0.2, 0.25) is 0 Å². The van der Waals surface area contributed by atoms with Gasteiger partial charge >= 0.3 is 5.97 Å². The average Bonchev–Trinajstić information content (AvgIpc) is 2.70. The summed E-state index contributed by atoms with van der Waals surface area (Å²) in [4.78, 5) is 35.4. The lowest BCUT2D eigenvalue weighted by Crippen LogP contribution is -2.28. The number of hydrogen-bond donors (Lipinski definition) is 2. The zero-order valence-electron chi connectivity index (χ0n) is 14.9. The zero-order valence-corrected chi connectivity index (χ0v) is 14.9. The SMILES string of the molecule is COc1ccc(CNC(=O)COC(=O)c2ccc3c(c2)CCC(=O)N3)cc1. The first-order valence-corrected chi connectivity index (χ1v) is 8.54. The Bertz CT molecular complexity index is 861. The zero-order chi connectivity index (χ0) is 19.2. The van der Waals surface area contributed by atoms with Gasteiger partial charge in [-0.05, 0) is 47.9 Å². The van der Waals surface area contributed by atoms with Gasteiger partial charge in [0.05, 0.1) is 12.7 Å². The molecule has 0 unspecified atom stereocenters. The van der Waals surface area contributed by atoms with Gasteiger partial charge in [0.2, 0.25) is 5.91 Å². The lowest BCUT2D eigenvalue weighted by molar-refractivity contribution is -0.124. The minimum atomic E-state index is -0.575. The van der Waals surface area contributed by atoms with Gasteiger partial charge in [-0.15, -0.1) is 0 Å². The number of hydrogen-bond acceptors (Lipinski definition) is 5. The molecule has 0 spiro atoms. The molecule has 7 heteroatoms. The van der Waals surface area contributed by atoms with Crippen LogP contribution in [0.1, 0.15) is 27.9 Å². The Labute approximate surface area is 156 Å². The molecule has 1 aliphatic rings. The standard InChI is InChI=1S/C20H20N2O5/c1-26-16-6-2-13(3-7-16)11-21-19(24)12-27-20(25)15-4-8-17-14(10-15)5-9-18(23)22-17/h2-4,6-8,10H,5,9,11-12H2,1H3,(H,21,24)(H,22,23). The molecule has 0 atom stereocenters. The highest BCUT2D eigenvalue weighted by Crippen LogP contribution is 2.23. The third kappa shape index (κ3) is 4.84. The molecule has 3 rings (SSSR count). The molecule has 1 heterocycles. The molecule has 27 heavy (non-hydrogen) atoms. The van der Waals surface area contributed by atoms with Gasteiger partial charge in [0.25, 0.3) is 5.91 Å². The molecular formula is C20H20N2O5. The van der Waals surface area contributed by atoms with Crippen LogP contribution in [-0.2, 0) is 27.3 Å². The first-order chi connectivity index (χ1) is 13.0. The summed E-state index contributed by atoms with van der Waals surface area (Å²) in [6.07, 6.45) is 0.962. The van der Waals surface area contributed by atoms with Crippen LogP contribution >= 0.6 is 0 Å². The Morgan fingerprint density at radius 2 is 1.89 bits per heavy atom. The van der Waals surface area contributed by atoms with E-state index in [-0.39, 0.29) is 18.4 Å². The average molecular weight is 368 g/mol. The van der Waals surface area contributed by atoms with Crippen LogP contribution in [0.3, 0.4) is 0 Å². The van der Waals surface area contributed by atoms with Gasteiger partial charge in [-0.3, -0.25) is 9.59 Å². The summed E-state index contributed by atoms with van der Waals surface area (Å²) in [5.74, 6) is -0.256. The quantitative estimate of drug-likeness (QED) is 0.761. The van der Waals surface area contributed by atoms with E-state index in [0.717, 1.165) is 16.9 Å². The van der Waals surface area contributed by atoms with Crippen LogP contribution < -0.4 is 15.4 Å². The summed E-state index contributed by atoms with van der Waals surface area (Å²) in [6, 6.07) is 12.2. The van der Waals surface area contributed by atoms with Crippen LogP contribution in [0, 0.1) is 0 Å². The first-order valence-electron chi connectivity index (χ1n) is 8.54. The highest BCUT2D eigenvalue weighted by atomic mass is 16.5. The van der Waals surface area contributed by atoms with Gasteiger partial charge < -0.3 is 20.1 Å². The predicted molar refractivity (Wildman–Crippen MR) is 98.5 cm³/mol. The van der Waals surface area contributed by atoms with E-state index in [4.69, 9.17) is 9.47 Å². The Kier molecular flexibility index (Phi) is 5.71. The van der Waals surface area contributed by atoms with Crippen LogP contribution in [0.5, 0.6) is 5.75 Å². The maximum absolute atomic E-state index is 12.1. The number of aryl methyl sites for hydroxylation is 1. The fourth-order valence-corrected chi connectivity index (χ4v) is 2.72. The molecule has 0 saturated carbocycles. The molecule has 0 aliphatic carbocycles. The number of carbonyl (C=O) groups excluding carboxylic acids is 3. The van der Waals surface area contributed by atoms with E-state index in [1.165, 1.54) is 0 Å². The van der Waals surface area contributed by atoms with Crippen LogP contribution in [0.15, 0.2) is 42.5 Å². The predicted octanol–water partition coefficient (Wildman–Crippen LogP) is 2.05. The van der Waals surface area contributed by atoms with E-state index >= 15 is 0 Å². The molecule has 0 bridgehead atoms. The maximum atomic E-state index is 12.1. The van der Waals surface area contributed by atoms with Gasteiger partial charge in [-0.25, -0.2) is 4.79 Å². The van der Waals surface area contributed by atoms with E-state index < -0.39 is 5.97 Å². The number of amides is 2. The van der Waals surface area contributed by atoms with Gasteiger partial charge in [-0.2, -0.15) is 0 Å². The number of nitrogens with one attached hydrogen (secondary N) is 2. The smallest absolute Gasteiger partial charge is 0.338 e. The maximum Gasteiger partial charge on any atom is 0.338 e. The van der Waals surface area contributed by atoms with Gasteiger partial charge in [0, 0.05) is 18.7 Å². The van der Waals surface area contributed by atoms with Crippen molar-refractivity contribution in [3.8, 4) is 5.75 Å². The fourth-order valence-electron chi connectivity index (χ4n) is 2.72. The number of fused-ring (bicyclic) bond motifs is 1. The van der Waals surface area contributed by atoms with E-state index in [1.54, 1.807) is 37.4 Å². The molecule has 140 valence electrons. The van der Waals surface area contributed by atoms with Crippen molar-refractivity contribution in [3.05, 3.63) is 59.2 Å². The van der Waals surface area contributed by atoms with Crippen molar-refractivity contribution in [2.75, 3.05) is 19.0 Å². The molecule has 0 fully saturated rings. The van der Waals surface area contributed by atoms with E-state index in [2.05, 4.69) is 10.6 Å². The molecule has 7 nitrogen and oxygen atoms in total. The molecule has 2 N–H and O–H groups in total. The Balaban J connectivity index is 1.48. The molecule has 2 amide bonds. The van der Waals surface area contributed by atoms with Crippen LogP contribution in [0.4, 0.5) is 5.69 Å². The van der Waals surface area contributed by atoms with Crippen LogP contribution in [0.25, 0.3) is 0 Å². The van der Waals surface area contributed by atoms with Crippen molar-refractivity contribution < 1.29 is 23.9 Å². The number of carbonyl (C=O) groups is 3. The molecule has 0 aromatic heterocycles. The van der Waals surface area contributed by atoms with E-state index in [9.17, 15) is 14.4 Å². The minimum absolute atomic E-state index is 0.0358. The minimum Gasteiger partial charge on any atom is -0.497 e. The highest BCUT2D eigenvalue weighted by molar-refractivity contribution is 5.96. The molecule has 1 aliphatic heterocycles. The first kappa shape index (κ1) is 18.4. The second-order valence-electron chi connectivity index (χ2n) is 6.12. The van der Waals surface area contributed by atoms with Gasteiger partial charge in [-0.1, -0.05) is 12.1 Å².